The maximum Gasteiger partial charge on any atom is 0.306 e. The lowest BCUT2D eigenvalue weighted by molar-refractivity contribution is -0.137. The molecule has 0 aromatic carbocycles. The van der Waals surface area contributed by atoms with Crippen molar-refractivity contribution in [3.8, 4) is 0 Å². The van der Waals surface area contributed by atoms with E-state index in [0.29, 0.717) is 12.8 Å². The second-order valence-electron chi connectivity index (χ2n) is 14.6. The number of carbonyl (C=O) groups is 1. The smallest absolute Gasteiger partial charge is 0.306 e. The molecule has 0 unspecified atom stereocenters. The van der Waals surface area contributed by atoms with E-state index in [1.54, 1.807) is 0 Å². The molecule has 0 amide bonds. The fourth-order valence-corrected chi connectivity index (χ4v) is 9.14. The van der Waals surface area contributed by atoms with Gasteiger partial charge in [0, 0.05) is 0 Å². The van der Waals surface area contributed by atoms with Gasteiger partial charge in [-0.05, 0) is 12.8 Å². The third kappa shape index (κ3) is 36.9. The van der Waals surface area contributed by atoms with Gasteiger partial charge in [-0.1, -0.05) is 206 Å². The lowest BCUT2D eigenvalue weighted by atomic mass is 10.0. The zero-order valence-electron chi connectivity index (χ0n) is 32.1. The molecular formula is C39H80N2O6S2. The number of nitrogens with one attached hydrogen (secondary N) is 2. The minimum absolute atomic E-state index is 0.136. The Balaban J connectivity index is 3.96. The zero-order valence-corrected chi connectivity index (χ0v) is 33.8. The fourth-order valence-electron chi connectivity index (χ4n) is 6.51. The molecule has 0 saturated heterocycles. The molecule has 0 aliphatic rings. The van der Waals surface area contributed by atoms with E-state index >= 15 is 0 Å². The molecule has 0 heterocycles. The third-order valence-corrected chi connectivity index (χ3v) is 12.5. The molecule has 10 heteroatoms. The highest BCUT2D eigenvalue weighted by Crippen LogP contribution is 2.16. The molecule has 0 spiro atoms. The molecular weight excluding hydrogens is 657 g/mol. The number of hydrogen-bond acceptors (Lipinski definition) is 5. The van der Waals surface area contributed by atoms with E-state index < -0.39 is 38.6 Å². The topological polar surface area (TPSA) is 130 Å². The van der Waals surface area contributed by atoms with Crippen molar-refractivity contribution >= 4 is 26.0 Å². The molecule has 0 saturated carbocycles. The lowest BCUT2D eigenvalue weighted by Gasteiger charge is -2.19. The Morgan fingerprint density at radius 1 is 0.408 bits per heavy atom. The van der Waals surface area contributed by atoms with Gasteiger partial charge in [-0.25, -0.2) is 16.8 Å². The van der Waals surface area contributed by atoms with Gasteiger partial charge in [0.25, 0.3) is 0 Å². The molecule has 0 aliphatic carbocycles. The van der Waals surface area contributed by atoms with E-state index in [-0.39, 0.29) is 11.5 Å². The van der Waals surface area contributed by atoms with Crippen molar-refractivity contribution in [2.45, 2.75) is 232 Å². The quantitative estimate of drug-likeness (QED) is 0.0424. The molecule has 0 bridgehead atoms. The van der Waals surface area contributed by atoms with E-state index in [4.69, 9.17) is 0 Å². The van der Waals surface area contributed by atoms with E-state index in [0.717, 1.165) is 38.5 Å². The molecule has 0 radical (unpaired) electrons. The van der Waals surface area contributed by atoms with Crippen LogP contribution in [0.3, 0.4) is 0 Å². The summed E-state index contributed by atoms with van der Waals surface area (Å²) in [7, 11) is -7.62. The molecule has 0 rings (SSSR count). The van der Waals surface area contributed by atoms with Crippen LogP contribution in [0.2, 0.25) is 0 Å². The normalized spacial score (nSPS) is 12.3. The van der Waals surface area contributed by atoms with Gasteiger partial charge in [0.05, 0.1) is 24.1 Å². The number of rotatable bonds is 40. The van der Waals surface area contributed by atoms with Crippen LogP contribution in [-0.2, 0) is 24.8 Å². The second kappa shape index (κ2) is 34.4. The number of sulfonamides is 2. The first kappa shape index (κ1) is 48.3. The van der Waals surface area contributed by atoms with Gasteiger partial charge >= 0.3 is 5.97 Å². The first-order valence-electron chi connectivity index (χ1n) is 20.8. The third-order valence-electron chi connectivity index (χ3n) is 9.56. The van der Waals surface area contributed by atoms with Crippen LogP contribution in [-0.4, -0.2) is 45.6 Å². The van der Waals surface area contributed by atoms with Gasteiger partial charge in [0.1, 0.15) is 0 Å². The number of carboxylic acids is 1. The number of carboxylic acid groups (broad SMARTS) is 1. The lowest BCUT2D eigenvalue weighted by Crippen LogP contribution is -2.50. The second-order valence-corrected chi connectivity index (χ2v) is 18.4. The van der Waals surface area contributed by atoms with E-state index in [9.17, 15) is 26.7 Å². The van der Waals surface area contributed by atoms with Crippen molar-refractivity contribution in [3.63, 3.8) is 0 Å². The largest absolute Gasteiger partial charge is 0.481 e. The highest BCUT2D eigenvalue weighted by Gasteiger charge is 2.24. The summed E-state index contributed by atoms with van der Waals surface area (Å²) >= 11 is 0. The van der Waals surface area contributed by atoms with Crippen LogP contribution in [0.5, 0.6) is 0 Å². The summed E-state index contributed by atoms with van der Waals surface area (Å²) in [6.45, 7) is 4.50. The predicted molar refractivity (Wildman–Crippen MR) is 209 cm³/mol. The van der Waals surface area contributed by atoms with Gasteiger partial charge in [-0.2, -0.15) is 9.44 Å². The Morgan fingerprint density at radius 2 is 0.612 bits per heavy atom. The number of aliphatic carboxylic acids is 1. The van der Waals surface area contributed by atoms with Crippen LogP contribution in [0.25, 0.3) is 0 Å². The summed E-state index contributed by atoms with van der Waals surface area (Å²) < 4.78 is 55.1. The molecule has 0 aliphatic heterocycles. The van der Waals surface area contributed by atoms with E-state index in [1.165, 1.54) is 154 Å². The highest BCUT2D eigenvalue weighted by molar-refractivity contribution is 7.90. The molecule has 0 fully saturated rings. The van der Waals surface area contributed by atoms with Gasteiger partial charge in [-0.15, -0.1) is 0 Å². The molecule has 8 nitrogen and oxygen atoms in total. The minimum Gasteiger partial charge on any atom is -0.481 e. The van der Waals surface area contributed by atoms with Crippen LogP contribution in [0.15, 0.2) is 0 Å². The first-order chi connectivity index (χ1) is 23.6. The Labute approximate surface area is 304 Å². The van der Waals surface area contributed by atoms with Crippen molar-refractivity contribution in [3.05, 3.63) is 0 Å². The standard InChI is InChI=1S/C39H80N2O6S2/c1-3-5-7-9-11-13-15-17-19-21-23-25-27-29-31-33-35-48(44,45)40-38(37-39(42)43)41-49(46,47)36-34-32-30-28-26-24-22-20-18-16-14-12-10-8-6-4-2/h38,40-41H,3-37H2,1-2H3,(H,42,43). The number of hydrogen-bond donors (Lipinski definition) is 3. The maximum absolute atomic E-state index is 12.6. The van der Waals surface area contributed by atoms with Gasteiger partial charge in [0.2, 0.25) is 20.0 Å². The molecule has 3 N–H and O–H groups in total. The predicted octanol–water partition coefficient (Wildman–Crippen LogP) is 11.1. The summed E-state index contributed by atoms with van der Waals surface area (Å²) in [6, 6.07) is 0. The fraction of sp³-hybridized carbons (Fsp3) is 0.974. The molecule has 294 valence electrons. The molecule has 0 atom stereocenters. The summed E-state index contributed by atoms with van der Waals surface area (Å²) in [5, 5.41) is 9.26. The van der Waals surface area contributed by atoms with E-state index in [2.05, 4.69) is 23.3 Å². The van der Waals surface area contributed by atoms with Gasteiger partial charge in [0.15, 0.2) is 0 Å². The van der Waals surface area contributed by atoms with E-state index in [1.807, 2.05) is 0 Å². The Hall–Kier alpha value is -0.710. The first-order valence-corrected chi connectivity index (χ1v) is 24.1. The maximum atomic E-state index is 12.6. The van der Waals surface area contributed by atoms with Crippen LogP contribution in [0.1, 0.15) is 226 Å². The number of unbranched alkanes of at least 4 members (excludes halogenated alkanes) is 30. The Morgan fingerprint density at radius 3 is 0.816 bits per heavy atom. The molecule has 0 aromatic heterocycles. The van der Waals surface area contributed by atoms with Crippen LogP contribution < -0.4 is 9.44 Å². The summed E-state index contributed by atoms with van der Waals surface area (Å²) in [4.78, 5) is 11.3. The summed E-state index contributed by atoms with van der Waals surface area (Å²) in [5.41, 5.74) is 0. The van der Waals surface area contributed by atoms with Crippen molar-refractivity contribution in [2.75, 3.05) is 11.5 Å². The average molecular weight is 737 g/mol. The SMILES string of the molecule is CCCCCCCCCCCCCCCCCCS(=O)(=O)NC(CC(=O)O)NS(=O)(=O)CCCCCCCCCCCCCCCCCC. The Kier molecular flexibility index (Phi) is 33.9. The average Bonchev–Trinajstić information content (AvgIpc) is 3.03. The van der Waals surface area contributed by atoms with Crippen LogP contribution >= 0.6 is 0 Å². The summed E-state index contributed by atoms with van der Waals surface area (Å²) in [5.74, 6) is -1.54. The van der Waals surface area contributed by atoms with Crippen molar-refractivity contribution < 1.29 is 26.7 Å². The molecule has 0 aromatic rings. The monoisotopic (exact) mass is 737 g/mol. The van der Waals surface area contributed by atoms with Crippen molar-refractivity contribution in [1.29, 1.82) is 0 Å². The van der Waals surface area contributed by atoms with Crippen LogP contribution in [0, 0.1) is 0 Å². The molecule has 49 heavy (non-hydrogen) atoms. The van der Waals surface area contributed by atoms with Crippen molar-refractivity contribution in [2.24, 2.45) is 0 Å². The van der Waals surface area contributed by atoms with Gasteiger partial charge < -0.3 is 5.11 Å². The summed E-state index contributed by atoms with van der Waals surface area (Å²) in [6.07, 6.45) is 36.3. The van der Waals surface area contributed by atoms with Crippen molar-refractivity contribution in [1.82, 2.24) is 9.44 Å². The minimum atomic E-state index is -3.81. The Bertz CT molecular complexity index is 875. The highest BCUT2D eigenvalue weighted by atomic mass is 32.2. The zero-order chi connectivity index (χ0) is 36.3. The van der Waals surface area contributed by atoms with Gasteiger partial charge in [-0.3, -0.25) is 4.79 Å². The van der Waals surface area contributed by atoms with Crippen LogP contribution in [0.4, 0.5) is 0 Å².